The lowest BCUT2D eigenvalue weighted by Crippen LogP contribution is -2.41. The molecule has 0 spiro atoms. The predicted molar refractivity (Wildman–Crippen MR) is 121 cm³/mol. The minimum Gasteiger partial charge on any atom is -0.511 e. The number of unbranched alkanes of at least 4 members (excludes halogenated alkanes) is 1. The van der Waals surface area contributed by atoms with E-state index >= 15 is 0 Å². The molecule has 2 rings (SSSR count). The van der Waals surface area contributed by atoms with Crippen LogP contribution in [0.15, 0.2) is 46.7 Å². The smallest absolute Gasteiger partial charge is 0.408 e. The molecular weight excluding hydrogens is 412 g/mol. The fourth-order valence-electron chi connectivity index (χ4n) is 3.65. The zero-order valence-electron chi connectivity index (χ0n) is 18.9. The summed E-state index contributed by atoms with van der Waals surface area (Å²) in [6.07, 6.45) is 1.34. The molecule has 3 N–H and O–H groups in total. The number of nitrogens with zero attached hydrogens (tertiary/aromatic N) is 1. The van der Waals surface area contributed by atoms with Gasteiger partial charge < -0.3 is 20.3 Å². The van der Waals surface area contributed by atoms with Gasteiger partial charge in [0.15, 0.2) is 5.78 Å². The van der Waals surface area contributed by atoms with Crippen molar-refractivity contribution in [1.82, 2.24) is 5.32 Å². The van der Waals surface area contributed by atoms with Crippen LogP contribution in [0.3, 0.4) is 0 Å². The summed E-state index contributed by atoms with van der Waals surface area (Å²) in [6, 6.07) is 8.05. The van der Waals surface area contributed by atoms with Crippen LogP contribution < -0.4 is 5.32 Å². The van der Waals surface area contributed by atoms with Gasteiger partial charge in [-0.3, -0.25) is 9.79 Å². The summed E-state index contributed by atoms with van der Waals surface area (Å²) in [5.41, 5.74) is 1.35. The number of alkyl carbamates (subject to hydrolysis) is 1. The zero-order valence-corrected chi connectivity index (χ0v) is 18.9. The summed E-state index contributed by atoms with van der Waals surface area (Å²) >= 11 is 0. The van der Waals surface area contributed by atoms with Crippen molar-refractivity contribution in [2.75, 3.05) is 6.54 Å². The average molecular weight is 445 g/mol. The monoisotopic (exact) mass is 444 g/mol. The highest BCUT2D eigenvalue weighted by molar-refractivity contribution is 6.22. The standard InChI is InChI=1S/C24H32N2O6/c1-16(21-19(27)13-24(2,3)14-20(21)28)25-12-8-7-11-18(22(29)30)26-23(31)32-15-17-9-5-4-6-10-17/h4-6,9-10,18,27H,7-8,11-15H2,1-3H3,(H,26,31)(H,29,30)/t18-/m0/s1. The first-order valence-corrected chi connectivity index (χ1v) is 10.8. The van der Waals surface area contributed by atoms with E-state index in [0.29, 0.717) is 43.5 Å². The van der Waals surface area contributed by atoms with Crippen molar-refractivity contribution in [1.29, 1.82) is 0 Å². The number of allylic oxidation sites excluding steroid dienone is 2. The normalized spacial score (nSPS) is 17.1. The molecule has 32 heavy (non-hydrogen) atoms. The number of hydrogen-bond donors (Lipinski definition) is 3. The van der Waals surface area contributed by atoms with Crippen LogP contribution in [0.2, 0.25) is 0 Å². The van der Waals surface area contributed by atoms with E-state index in [1.165, 1.54) is 0 Å². The third kappa shape index (κ3) is 7.83. The fraction of sp³-hybridized carbons (Fsp3) is 0.500. The minimum atomic E-state index is -1.13. The van der Waals surface area contributed by atoms with Gasteiger partial charge in [-0.1, -0.05) is 44.2 Å². The first-order valence-electron chi connectivity index (χ1n) is 10.8. The number of amides is 1. The van der Waals surface area contributed by atoms with Gasteiger partial charge in [-0.15, -0.1) is 0 Å². The molecule has 8 nitrogen and oxygen atoms in total. The predicted octanol–water partition coefficient (Wildman–Crippen LogP) is 4.20. The second-order valence-corrected chi connectivity index (χ2v) is 8.82. The number of aliphatic imine (C=N–C) groups is 1. The molecule has 174 valence electrons. The third-order valence-corrected chi connectivity index (χ3v) is 5.27. The summed E-state index contributed by atoms with van der Waals surface area (Å²) in [7, 11) is 0. The number of nitrogens with one attached hydrogen (secondary N) is 1. The molecule has 1 aromatic carbocycles. The molecule has 0 saturated heterocycles. The van der Waals surface area contributed by atoms with Crippen LogP contribution in [0.1, 0.15) is 58.4 Å². The van der Waals surface area contributed by atoms with Gasteiger partial charge in [0, 0.05) is 25.1 Å². The summed E-state index contributed by atoms with van der Waals surface area (Å²) < 4.78 is 5.07. The number of ether oxygens (including phenoxy) is 1. The molecule has 0 saturated carbocycles. The average Bonchev–Trinajstić information content (AvgIpc) is 2.70. The molecule has 0 bridgehead atoms. The molecule has 8 heteroatoms. The Morgan fingerprint density at radius 3 is 2.50 bits per heavy atom. The highest BCUT2D eigenvalue weighted by atomic mass is 16.5. The number of carbonyl (C=O) groups excluding carboxylic acids is 2. The lowest BCUT2D eigenvalue weighted by molar-refractivity contribution is -0.139. The maximum Gasteiger partial charge on any atom is 0.408 e. The molecule has 0 heterocycles. The molecule has 0 fully saturated rings. The van der Waals surface area contributed by atoms with Gasteiger partial charge in [0.1, 0.15) is 18.4 Å². The highest BCUT2D eigenvalue weighted by Crippen LogP contribution is 2.36. The number of carboxylic acids is 1. The maximum absolute atomic E-state index is 12.3. The van der Waals surface area contributed by atoms with Gasteiger partial charge >= 0.3 is 12.1 Å². The van der Waals surface area contributed by atoms with Gasteiger partial charge in [0.2, 0.25) is 0 Å². The number of carbonyl (C=O) groups is 3. The molecule has 1 atom stereocenters. The first kappa shape index (κ1) is 25.1. The molecule has 0 unspecified atom stereocenters. The number of aliphatic hydroxyl groups is 1. The van der Waals surface area contributed by atoms with E-state index in [2.05, 4.69) is 10.3 Å². The molecule has 1 amide bonds. The molecule has 1 aromatic rings. The minimum absolute atomic E-state index is 0.0611. The zero-order chi connectivity index (χ0) is 23.7. The van der Waals surface area contributed by atoms with Crippen molar-refractivity contribution in [3.63, 3.8) is 0 Å². The van der Waals surface area contributed by atoms with Crippen LogP contribution in [0.4, 0.5) is 4.79 Å². The molecule has 0 radical (unpaired) electrons. The Labute approximate surface area is 188 Å². The highest BCUT2D eigenvalue weighted by Gasteiger charge is 2.33. The number of benzene rings is 1. The Morgan fingerprint density at radius 2 is 1.88 bits per heavy atom. The van der Waals surface area contributed by atoms with E-state index in [-0.39, 0.29) is 30.0 Å². The van der Waals surface area contributed by atoms with Crippen LogP contribution in [0.25, 0.3) is 0 Å². The van der Waals surface area contributed by atoms with E-state index in [1.54, 1.807) is 6.92 Å². The number of aliphatic carboxylic acids is 1. The van der Waals surface area contributed by atoms with Crippen LogP contribution in [0.5, 0.6) is 0 Å². The summed E-state index contributed by atoms with van der Waals surface area (Å²) in [4.78, 5) is 40.1. The van der Waals surface area contributed by atoms with Crippen molar-refractivity contribution in [3.05, 3.63) is 47.2 Å². The lowest BCUT2D eigenvalue weighted by atomic mass is 9.76. The van der Waals surface area contributed by atoms with Crippen LogP contribution in [-0.2, 0) is 20.9 Å². The van der Waals surface area contributed by atoms with E-state index in [4.69, 9.17) is 4.74 Å². The second-order valence-electron chi connectivity index (χ2n) is 8.82. The number of rotatable bonds is 10. The van der Waals surface area contributed by atoms with Gasteiger partial charge in [0.25, 0.3) is 0 Å². The summed E-state index contributed by atoms with van der Waals surface area (Å²) in [5.74, 6) is -1.16. The molecule has 1 aliphatic rings. The number of carboxylic acid groups (broad SMARTS) is 1. The number of ketones is 1. The summed E-state index contributed by atoms with van der Waals surface area (Å²) in [5, 5.41) is 22.0. The number of hydrogen-bond acceptors (Lipinski definition) is 6. The maximum atomic E-state index is 12.3. The van der Waals surface area contributed by atoms with Crippen LogP contribution >= 0.6 is 0 Å². The summed E-state index contributed by atoms with van der Waals surface area (Å²) in [6.45, 7) is 6.03. The molecule has 0 aliphatic heterocycles. The van der Waals surface area contributed by atoms with Crippen molar-refractivity contribution >= 4 is 23.6 Å². The van der Waals surface area contributed by atoms with Gasteiger partial charge in [-0.05, 0) is 37.2 Å². The Kier molecular flexibility index (Phi) is 8.99. The van der Waals surface area contributed by atoms with Crippen molar-refractivity contribution in [2.24, 2.45) is 10.4 Å². The van der Waals surface area contributed by atoms with Gasteiger partial charge in [0.05, 0.1) is 5.57 Å². The van der Waals surface area contributed by atoms with Crippen molar-refractivity contribution in [2.45, 2.75) is 65.5 Å². The number of Topliss-reactive ketones (excluding diaryl/α,β-unsaturated/α-hetero) is 1. The second kappa shape index (κ2) is 11.5. The van der Waals surface area contributed by atoms with Crippen LogP contribution in [0, 0.1) is 5.41 Å². The Morgan fingerprint density at radius 1 is 1.19 bits per heavy atom. The quantitative estimate of drug-likeness (QED) is 0.367. The van der Waals surface area contributed by atoms with Crippen molar-refractivity contribution in [3.8, 4) is 0 Å². The fourth-order valence-corrected chi connectivity index (χ4v) is 3.65. The Bertz CT molecular complexity index is 889. The Hall–Kier alpha value is -3.16. The largest absolute Gasteiger partial charge is 0.511 e. The van der Waals surface area contributed by atoms with Gasteiger partial charge in [-0.2, -0.15) is 0 Å². The van der Waals surface area contributed by atoms with Gasteiger partial charge in [-0.25, -0.2) is 9.59 Å². The Balaban J connectivity index is 1.78. The van der Waals surface area contributed by atoms with E-state index in [0.717, 1.165) is 5.56 Å². The third-order valence-electron chi connectivity index (χ3n) is 5.27. The van der Waals surface area contributed by atoms with E-state index < -0.39 is 18.1 Å². The molecule has 1 aliphatic carbocycles. The number of aliphatic hydroxyl groups excluding tert-OH is 1. The molecular formula is C24H32N2O6. The van der Waals surface area contributed by atoms with E-state index in [9.17, 15) is 24.6 Å². The topological polar surface area (TPSA) is 125 Å². The SMILES string of the molecule is CC(=NCCCC[C@H](NC(=O)OCc1ccccc1)C(=O)O)C1=C(O)CC(C)(C)CC1=O. The first-order chi connectivity index (χ1) is 15.1. The van der Waals surface area contributed by atoms with Crippen LogP contribution in [-0.4, -0.2) is 46.4 Å². The van der Waals surface area contributed by atoms with E-state index in [1.807, 2.05) is 44.2 Å². The van der Waals surface area contributed by atoms with Crippen molar-refractivity contribution < 1.29 is 29.3 Å². The lowest BCUT2D eigenvalue weighted by Gasteiger charge is -2.29. The molecule has 0 aromatic heterocycles.